The van der Waals surface area contributed by atoms with Crippen molar-refractivity contribution < 1.29 is 23.9 Å². The number of hydrogen-bond donors (Lipinski definition) is 1. The maximum atomic E-state index is 12.9. The lowest BCUT2D eigenvalue weighted by Crippen LogP contribution is -2.50. The van der Waals surface area contributed by atoms with E-state index < -0.39 is 12.6 Å². The Morgan fingerprint density at radius 2 is 1.57 bits per heavy atom. The summed E-state index contributed by atoms with van der Waals surface area (Å²) in [5.74, 6) is -1.42. The number of anilines is 1. The third-order valence-corrected chi connectivity index (χ3v) is 6.23. The number of aromatic nitrogens is 1. The fourth-order valence-corrected chi connectivity index (χ4v) is 4.13. The third-order valence-electron chi connectivity index (χ3n) is 6.23. The number of carbonyl (C=O) groups is 4. The summed E-state index contributed by atoms with van der Waals surface area (Å²) in [6.45, 7) is 7.51. The smallest absolute Gasteiger partial charge is 0.338 e. The lowest BCUT2D eigenvalue weighted by Gasteiger charge is -2.27. The molecule has 0 spiro atoms. The van der Waals surface area contributed by atoms with Crippen molar-refractivity contribution in [1.29, 1.82) is 0 Å². The van der Waals surface area contributed by atoms with Crippen LogP contribution >= 0.6 is 0 Å². The van der Waals surface area contributed by atoms with Crippen molar-refractivity contribution in [1.82, 2.24) is 9.99 Å². The van der Waals surface area contributed by atoms with Crippen LogP contribution < -0.4 is 10.4 Å². The van der Waals surface area contributed by atoms with E-state index in [0.29, 0.717) is 11.3 Å². The van der Waals surface area contributed by atoms with Gasteiger partial charge in [-0.15, -0.1) is 0 Å². The summed E-state index contributed by atoms with van der Waals surface area (Å²) >= 11 is 0. The molecule has 0 aliphatic carbocycles. The number of nitrogens with one attached hydrogen (secondary N) is 1. The number of amides is 2. The van der Waals surface area contributed by atoms with Crippen LogP contribution in [0.3, 0.4) is 0 Å². The average molecular weight is 474 g/mol. The number of hydrazine groups is 1. The molecule has 0 saturated carbocycles. The van der Waals surface area contributed by atoms with Crippen LogP contribution in [0.1, 0.15) is 56.1 Å². The topological polar surface area (TPSA) is 97.7 Å². The first kappa shape index (κ1) is 23.9. The first-order valence-electron chi connectivity index (χ1n) is 11.3. The molecule has 1 N–H and O–H groups in total. The second kappa shape index (κ2) is 9.58. The van der Waals surface area contributed by atoms with Gasteiger partial charge in [0.25, 0.3) is 0 Å². The van der Waals surface area contributed by atoms with Gasteiger partial charge in [0.2, 0.25) is 17.6 Å². The van der Waals surface area contributed by atoms with Gasteiger partial charge in [-0.05, 0) is 81.3 Å². The molecule has 1 aliphatic heterocycles. The Labute approximate surface area is 203 Å². The van der Waals surface area contributed by atoms with E-state index in [1.807, 2.05) is 37.5 Å². The Morgan fingerprint density at radius 3 is 2.26 bits per heavy atom. The summed E-state index contributed by atoms with van der Waals surface area (Å²) in [5.41, 5.74) is 8.70. The van der Waals surface area contributed by atoms with Gasteiger partial charge in [-0.2, -0.15) is 0 Å². The molecule has 0 radical (unpaired) electrons. The van der Waals surface area contributed by atoms with Crippen LogP contribution in [0.4, 0.5) is 5.69 Å². The molecule has 1 saturated heterocycles. The highest BCUT2D eigenvalue weighted by Gasteiger charge is 2.25. The molecule has 0 bridgehead atoms. The summed E-state index contributed by atoms with van der Waals surface area (Å²) in [7, 11) is 0. The number of ketones is 1. The van der Waals surface area contributed by atoms with Crippen molar-refractivity contribution >= 4 is 29.3 Å². The lowest BCUT2D eigenvalue weighted by molar-refractivity contribution is -0.130. The van der Waals surface area contributed by atoms with Crippen LogP contribution in [0.15, 0.2) is 48.5 Å². The highest BCUT2D eigenvalue weighted by atomic mass is 16.5. The summed E-state index contributed by atoms with van der Waals surface area (Å²) in [4.78, 5) is 49.0. The number of carbonyl (C=O) groups excluding carboxylic acids is 4. The van der Waals surface area contributed by atoms with E-state index in [2.05, 4.69) is 18.4 Å². The molecular weight excluding hydrogens is 446 g/mol. The summed E-state index contributed by atoms with van der Waals surface area (Å²) < 4.78 is 7.28. The van der Waals surface area contributed by atoms with Crippen molar-refractivity contribution in [3.8, 4) is 5.69 Å². The van der Waals surface area contributed by atoms with E-state index in [-0.39, 0.29) is 36.0 Å². The van der Waals surface area contributed by atoms with Gasteiger partial charge in [0.1, 0.15) is 0 Å². The molecule has 1 fully saturated rings. The average Bonchev–Trinajstić information content (AvgIpc) is 3.14. The minimum atomic E-state index is -0.651. The van der Waals surface area contributed by atoms with Crippen LogP contribution in [-0.2, 0) is 14.3 Å². The van der Waals surface area contributed by atoms with Gasteiger partial charge in [-0.25, -0.2) is 9.80 Å². The molecule has 1 aliphatic rings. The molecule has 3 aromatic rings. The molecular formula is C27H27N3O5. The van der Waals surface area contributed by atoms with E-state index >= 15 is 0 Å². The first-order valence-corrected chi connectivity index (χ1v) is 11.3. The number of nitrogens with zero attached hydrogens (tertiary/aromatic N) is 2. The number of rotatable bonds is 6. The molecule has 180 valence electrons. The van der Waals surface area contributed by atoms with E-state index in [0.717, 1.165) is 27.6 Å². The van der Waals surface area contributed by atoms with Crippen molar-refractivity contribution in [2.24, 2.45) is 0 Å². The molecule has 4 rings (SSSR count). The van der Waals surface area contributed by atoms with E-state index in [9.17, 15) is 19.2 Å². The van der Waals surface area contributed by atoms with Crippen LogP contribution in [0, 0.1) is 27.7 Å². The van der Waals surface area contributed by atoms with E-state index in [1.165, 1.54) is 17.7 Å². The Balaban J connectivity index is 1.43. The maximum Gasteiger partial charge on any atom is 0.338 e. The van der Waals surface area contributed by atoms with Gasteiger partial charge >= 0.3 is 5.97 Å². The summed E-state index contributed by atoms with van der Waals surface area (Å²) in [6.07, 6.45) is 0.280. The zero-order valence-corrected chi connectivity index (χ0v) is 20.2. The molecule has 35 heavy (non-hydrogen) atoms. The largest absolute Gasteiger partial charge is 0.454 e. The van der Waals surface area contributed by atoms with Crippen molar-refractivity contribution in [2.75, 3.05) is 11.6 Å². The molecule has 8 heteroatoms. The lowest BCUT2D eigenvalue weighted by atomic mass is 10.1. The Kier molecular flexibility index (Phi) is 6.55. The normalized spacial score (nSPS) is 13.5. The number of benzene rings is 2. The molecule has 0 unspecified atom stereocenters. The van der Waals surface area contributed by atoms with Gasteiger partial charge in [-0.1, -0.05) is 6.07 Å². The van der Waals surface area contributed by atoms with Gasteiger partial charge < -0.3 is 9.30 Å². The number of hydrogen-bond acceptors (Lipinski definition) is 5. The maximum absolute atomic E-state index is 12.9. The minimum Gasteiger partial charge on any atom is -0.454 e. The first-order chi connectivity index (χ1) is 16.7. The van der Waals surface area contributed by atoms with E-state index in [1.54, 1.807) is 18.2 Å². The Hall–Kier alpha value is -4.20. The number of Topliss-reactive ketones (excluding diaryl/α,β-unsaturated/α-hetero) is 1. The van der Waals surface area contributed by atoms with Gasteiger partial charge in [0.05, 0.1) is 11.3 Å². The second-order valence-corrected chi connectivity index (χ2v) is 8.70. The quantitative estimate of drug-likeness (QED) is 0.432. The second-order valence-electron chi connectivity index (χ2n) is 8.70. The highest BCUT2D eigenvalue weighted by Crippen LogP contribution is 2.23. The predicted molar refractivity (Wildman–Crippen MR) is 131 cm³/mol. The monoisotopic (exact) mass is 473 g/mol. The van der Waals surface area contributed by atoms with E-state index in [4.69, 9.17) is 4.74 Å². The van der Waals surface area contributed by atoms with Crippen molar-refractivity contribution in [3.63, 3.8) is 0 Å². The van der Waals surface area contributed by atoms with Crippen LogP contribution in [0.25, 0.3) is 5.69 Å². The number of ether oxygens (including phenoxy) is 1. The molecule has 1 aromatic heterocycles. The van der Waals surface area contributed by atoms with Gasteiger partial charge in [-0.3, -0.25) is 19.8 Å². The molecule has 2 amide bonds. The molecule has 2 aromatic carbocycles. The molecule has 2 heterocycles. The highest BCUT2D eigenvalue weighted by molar-refractivity contribution is 6.02. The minimum absolute atomic E-state index is 0.127. The molecule has 0 atom stereocenters. The summed E-state index contributed by atoms with van der Waals surface area (Å²) in [5, 5.41) is 1.16. The van der Waals surface area contributed by atoms with Gasteiger partial charge in [0, 0.05) is 35.5 Å². The number of aryl methyl sites for hydroxylation is 3. The predicted octanol–water partition coefficient (Wildman–Crippen LogP) is 3.91. The van der Waals surface area contributed by atoms with Crippen molar-refractivity contribution in [2.45, 2.75) is 40.5 Å². The zero-order valence-electron chi connectivity index (χ0n) is 20.2. The van der Waals surface area contributed by atoms with Gasteiger partial charge in [0.15, 0.2) is 6.61 Å². The zero-order chi connectivity index (χ0) is 25.3. The van der Waals surface area contributed by atoms with Crippen LogP contribution in [0.5, 0.6) is 0 Å². The third kappa shape index (κ3) is 4.87. The SMILES string of the molecule is Cc1ccc(-n2c(C)cc(C(=O)COC(=O)c3ccc(N4NC(=O)CCC4=O)cc3)c2C)cc1C. The fraction of sp³-hybridized carbons (Fsp3) is 0.259. The standard InChI is InChI=1S/C27H27N3O5/c1-16-5-8-22(13-17(16)2)29-18(3)14-23(19(29)4)24(31)15-35-27(34)20-6-9-21(10-7-20)30-26(33)12-11-25(32)28-30/h5-10,13-14H,11-12,15H2,1-4H3,(H,28,32). The molecule has 8 nitrogen and oxygen atoms in total. The Morgan fingerprint density at radius 1 is 0.886 bits per heavy atom. The van der Waals surface area contributed by atoms with Crippen molar-refractivity contribution in [3.05, 3.63) is 82.2 Å². The summed E-state index contributed by atoms with van der Waals surface area (Å²) in [6, 6.07) is 14.0. The van der Waals surface area contributed by atoms with Crippen LogP contribution in [0.2, 0.25) is 0 Å². The Bertz CT molecular complexity index is 1340. The van der Waals surface area contributed by atoms with Crippen LogP contribution in [-0.4, -0.2) is 34.7 Å². The fourth-order valence-electron chi connectivity index (χ4n) is 4.13. The number of esters is 1.